The highest BCUT2D eigenvalue weighted by Gasteiger charge is 2.04. The average Bonchev–Trinajstić information content (AvgIpc) is 2.49. The number of hydrogen-bond donors (Lipinski definition) is 1. The molecular formula is C9H15F2N. The van der Waals surface area contributed by atoms with Gasteiger partial charge in [0, 0.05) is 0 Å². The molecule has 1 nitrogen and oxygen atoms in total. The summed E-state index contributed by atoms with van der Waals surface area (Å²) in [6, 6.07) is 0. The smallest absolute Gasteiger partial charge is 0.250 e. The van der Waals surface area contributed by atoms with Crippen LogP contribution < -0.4 is 5.32 Å². The van der Waals surface area contributed by atoms with Crippen LogP contribution in [0.3, 0.4) is 0 Å². The lowest BCUT2D eigenvalue weighted by atomic mass is 10.2. The van der Waals surface area contributed by atoms with Gasteiger partial charge in [0.1, 0.15) is 0 Å². The van der Waals surface area contributed by atoms with E-state index in [9.17, 15) is 8.78 Å². The van der Waals surface area contributed by atoms with Gasteiger partial charge in [-0.3, -0.25) is 0 Å². The Morgan fingerprint density at radius 3 is 2.92 bits per heavy atom. The zero-order chi connectivity index (χ0) is 8.81. The molecule has 12 heavy (non-hydrogen) atoms. The topological polar surface area (TPSA) is 12.0 Å². The SMILES string of the molecule is FC(F)CNCCC1=CCCC1. The Bertz CT molecular complexity index is 155. The van der Waals surface area contributed by atoms with Gasteiger partial charge in [0.2, 0.25) is 0 Å². The minimum Gasteiger partial charge on any atom is -0.311 e. The monoisotopic (exact) mass is 175 g/mol. The molecule has 1 aliphatic carbocycles. The zero-order valence-corrected chi connectivity index (χ0v) is 7.15. The van der Waals surface area contributed by atoms with Crippen LogP contribution in [0.15, 0.2) is 11.6 Å². The first-order valence-corrected chi connectivity index (χ1v) is 4.46. The van der Waals surface area contributed by atoms with Crippen LogP contribution in [0.5, 0.6) is 0 Å². The third-order valence-corrected chi connectivity index (χ3v) is 2.06. The van der Waals surface area contributed by atoms with Gasteiger partial charge < -0.3 is 5.32 Å². The highest BCUT2D eigenvalue weighted by atomic mass is 19.3. The van der Waals surface area contributed by atoms with Crippen molar-refractivity contribution in [1.82, 2.24) is 5.32 Å². The maximum absolute atomic E-state index is 11.7. The van der Waals surface area contributed by atoms with E-state index in [2.05, 4.69) is 11.4 Å². The molecular weight excluding hydrogens is 160 g/mol. The zero-order valence-electron chi connectivity index (χ0n) is 7.15. The average molecular weight is 175 g/mol. The Balaban J connectivity index is 1.95. The Morgan fingerprint density at radius 2 is 2.33 bits per heavy atom. The molecule has 0 bridgehead atoms. The fraction of sp³-hybridized carbons (Fsp3) is 0.778. The number of nitrogens with one attached hydrogen (secondary N) is 1. The van der Waals surface area contributed by atoms with Crippen molar-refractivity contribution in [2.24, 2.45) is 0 Å². The van der Waals surface area contributed by atoms with Crippen molar-refractivity contribution in [2.75, 3.05) is 13.1 Å². The van der Waals surface area contributed by atoms with E-state index < -0.39 is 6.43 Å². The van der Waals surface area contributed by atoms with Gasteiger partial charge in [-0.2, -0.15) is 0 Å². The summed E-state index contributed by atoms with van der Waals surface area (Å²) in [7, 11) is 0. The summed E-state index contributed by atoms with van der Waals surface area (Å²) in [5.74, 6) is 0. The number of hydrogen-bond acceptors (Lipinski definition) is 1. The molecule has 1 aliphatic rings. The largest absolute Gasteiger partial charge is 0.311 e. The molecule has 0 atom stereocenters. The minimum atomic E-state index is -2.22. The highest BCUT2D eigenvalue weighted by molar-refractivity contribution is 5.07. The maximum atomic E-state index is 11.7. The normalized spacial score (nSPS) is 17.1. The van der Waals surface area contributed by atoms with Gasteiger partial charge in [-0.1, -0.05) is 11.6 Å². The van der Waals surface area contributed by atoms with E-state index in [4.69, 9.17) is 0 Å². The van der Waals surface area contributed by atoms with Crippen molar-refractivity contribution in [3.05, 3.63) is 11.6 Å². The van der Waals surface area contributed by atoms with Crippen LogP contribution in [0.2, 0.25) is 0 Å². The van der Waals surface area contributed by atoms with Crippen LogP contribution in [-0.2, 0) is 0 Å². The molecule has 0 aromatic heterocycles. The summed E-state index contributed by atoms with van der Waals surface area (Å²) in [6.45, 7) is 0.517. The number of rotatable bonds is 5. The molecule has 0 heterocycles. The van der Waals surface area contributed by atoms with E-state index in [0.29, 0.717) is 6.54 Å². The van der Waals surface area contributed by atoms with Gasteiger partial charge in [-0.15, -0.1) is 0 Å². The van der Waals surface area contributed by atoms with Gasteiger partial charge in [0.15, 0.2) is 0 Å². The number of allylic oxidation sites excluding steroid dienone is 1. The van der Waals surface area contributed by atoms with Gasteiger partial charge >= 0.3 is 0 Å². The van der Waals surface area contributed by atoms with Crippen LogP contribution >= 0.6 is 0 Å². The molecule has 0 aliphatic heterocycles. The maximum Gasteiger partial charge on any atom is 0.250 e. The molecule has 0 radical (unpaired) electrons. The van der Waals surface area contributed by atoms with Crippen molar-refractivity contribution >= 4 is 0 Å². The molecule has 0 amide bonds. The van der Waals surface area contributed by atoms with Crippen molar-refractivity contribution in [3.63, 3.8) is 0 Å². The van der Waals surface area contributed by atoms with Crippen LogP contribution in [0.1, 0.15) is 25.7 Å². The second-order valence-corrected chi connectivity index (χ2v) is 3.10. The van der Waals surface area contributed by atoms with E-state index in [1.54, 1.807) is 0 Å². The molecule has 70 valence electrons. The molecule has 1 N–H and O–H groups in total. The summed E-state index contributed by atoms with van der Waals surface area (Å²) >= 11 is 0. The van der Waals surface area contributed by atoms with E-state index in [-0.39, 0.29) is 6.54 Å². The first-order valence-electron chi connectivity index (χ1n) is 4.46. The number of halogens is 2. The Kier molecular flexibility index (Phi) is 4.22. The molecule has 0 saturated carbocycles. The van der Waals surface area contributed by atoms with Crippen LogP contribution in [0.4, 0.5) is 8.78 Å². The summed E-state index contributed by atoms with van der Waals surface area (Å²) in [5.41, 5.74) is 1.43. The lowest BCUT2D eigenvalue weighted by Gasteiger charge is -2.03. The van der Waals surface area contributed by atoms with Crippen molar-refractivity contribution in [2.45, 2.75) is 32.1 Å². The second-order valence-electron chi connectivity index (χ2n) is 3.10. The predicted molar refractivity (Wildman–Crippen MR) is 45.4 cm³/mol. The van der Waals surface area contributed by atoms with E-state index >= 15 is 0 Å². The molecule has 0 saturated heterocycles. The lowest BCUT2D eigenvalue weighted by Crippen LogP contribution is -2.22. The van der Waals surface area contributed by atoms with Crippen molar-refractivity contribution in [1.29, 1.82) is 0 Å². The third kappa shape index (κ3) is 3.81. The lowest BCUT2D eigenvalue weighted by molar-refractivity contribution is 0.146. The summed E-state index contributed by atoms with van der Waals surface area (Å²) in [4.78, 5) is 0. The first kappa shape index (κ1) is 9.65. The van der Waals surface area contributed by atoms with Gasteiger partial charge in [-0.25, -0.2) is 8.78 Å². The van der Waals surface area contributed by atoms with E-state index in [1.165, 1.54) is 18.4 Å². The van der Waals surface area contributed by atoms with E-state index in [0.717, 1.165) is 12.8 Å². The summed E-state index contributed by atoms with van der Waals surface area (Å²) < 4.78 is 23.3. The second kappa shape index (κ2) is 5.25. The molecule has 0 aromatic rings. The summed E-state index contributed by atoms with van der Waals surface area (Å²) in [5, 5.41) is 2.72. The molecule has 0 aromatic carbocycles. The Hall–Kier alpha value is -0.440. The standard InChI is InChI=1S/C9H15F2N/c10-9(11)7-12-6-5-8-3-1-2-4-8/h3,9,12H,1-2,4-7H2. The quantitative estimate of drug-likeness (QED) is 0.499. The number of alkyl halides is 2. The summed E-state index contributed by atoms with van der Waals surface area (Å²) in [6.07, 6.45) is 4.52. The fourth-order valence-electron chi connectivity index (χ4n) is 1.42. The molecule has 0 spiro atoms. The highest BCUT2D eigenvalue weighted by Crippen LogP contribution is 2.19. The van der Waals surface area contributed by atoms with Gasteiger partial charge in [-0.05, 0) is 32.2 Å². The van der Waals surface area contributed by atoms with Crippen molar-refractivity contribution < 1.29 is 8.78 Å². The third-order valence-electron chi connectivity index (χ3n) is 2.06. The first-order chi connectivity index (χ1) is 5.79. The van der Waals surface area contributed by atoms with Crippen LogP contribution in [0, 0.1) is 0 Å². The molecule has 3 heteroatoms. The Morgan fingerprint density at radius 1 is 1.50 bits per heavy atom. The molecule has 1 rings (SSSR count). The van der Waals surface area contributed by atoms with Crippen molar-refractivity contribution in [3.8, 4) is 0 Å². The minimum absolute atomic E-state index is 0.173. The Labute approximate surface area is 71.8 Å². The van der Waals surface area contributed by atoms with Gasteiger partial charge in [0.25, 0.3) is 6.43 Å². The van der Waals surface area contributed by atoms with Crippen LogP contribution in [-0.4, -0.2) is 19.5 Å². The molecule has 0 unspecified atom stereocenters. The fourth-order valence-corrected chi connectivity index (χ4v) is 1.42. The van der Waals surface area contributed by atoms with E-state index in [1.807, 2.05) is 0 Å². The van der Waals surface area contributed by atoms with Gasteiger partial charge in [0.05, 0.1) is 6.54 Å². The molecule has 0 fully saturated rings. The van der Waals surface area contributed by atoms with Crippen LogP contribution in [0.25, 0.3) is 0 Å². The predicted octanol–water partition coefficient (Wildman–Crippen LogP) is 2.34.